The van der Waals surface area contributed by atoms with Gasteiger partial charge in [-0.3, -0.25) is 15.1 Å². The van der Waals surface area contributed by atoms with Crippen molar-refractivity contribution in [3.05, 3.63) is 57.9 Å². The summed E-state index contributed by atoms with van der Waals surface area (Å²) in [4.78, 5) is 14.3. The van der Waals surface area contributed by atoms with Gasteiger partial charge in [0.25, 0.3) is 0 Å². The van der Waals surface area contributed by atoms with Crippen LogP contribution in [0.1, 0.15) is 11.1 Å². The van der Waals surface area contributed by atoms with E-state index in [2.05, 4.69) is 10.3 Å². The number of rotatable bonds is 5. The normalized spacial score (nSPS) is 11.2. The van der Waals surface area contributed by atoms with Gasteiger partial charge >= 0.3 is 5.69 Å². The van der Waals surface area contributed by atoms with Gasteiger partial charge in [-0.15, -0.1) is 0 Å². The van der Waals surface area contributed by atoms with Crippen molar-refractivity contribution in [3.63, 3.8) is 0 Å². The van der Waals surface area contributed by atoms with Crippen molar-refractivity contribution >= 4 is 21.2 Å². The average molecular weight is 321 g/mol. The summed E-state index contributed by atoms with van der Waals surface area (Å²) in [7, 11) is -3.68. The molecule has 8 heteroatoms. The van der Waals surface area contributed by atoms with Crippen molar-refractivity contribution in [2.75, 3.05) is 11.6 Å². The fourth-order valence-electron chi connectivity index (χ4n) is 2.06. The molecule has 0 spiro atoms. The molecule has 1 N–H and O–H groups in total. The molecule has 116 valence electrons. The highest BCUT2D eigenvalue weighted by Gasteiger charge is 2.25. The Morgan fingerprint density at radius 3 is 2.64 bits per heavy atom. The standard InChI is InChI=1S/C14H15N3O4S/c1-10-6-11(8-15-7-10)9-16-12-4-3-5-13(22(2,20)21)14(12)17(18)19/h3-8,16H,9H2,1-2H3. The van der Waals surface area contributed by atoms with Crippen LogP contribution in [0.25, 0.3) is 0 Å². The zero-order valence-electron chi connectivity index (χ0n) is 12.1. The summed E-state index contributed by atoms with van der Waals surface area (Å²) in [5.41, 5.74) is 1.54. The van der Waals surface area contributed by atoms with E-state index in [9.17, 15) is 18.5 Å². The average Bonchev–Trinajstić information content (AvgIpc) is 2.43. The Labute approximate surface area is 128 Å². The Hall–Kier alpha value is -2.48. The molecule has 0 bridgehead atoms. The van der Waals surface area contributed by atoms with E-state index in [1.807, 2.05) is 13.0 Å². The molecule has 0 saturated heterocycles. The van der Waals surface area contributed by atoms with Crippen LogP contribution < -0.4 is 5.32 Å². The van der Waals surface area contributed by atoms with E-state index in [-0.39, 0.29) is 10.6 Å². The van der Waals surface area contributed by atoms with Crippen LogP contribution in [0.5, 0.6) is 0 Å². The highest BCUT2D eigenvalue weighted by Crippen LogP contribution is 2.32. The lowest BCUT2D eigenvalue weighted by Gasteiger charge is -2.09. The molecule has 1 heterocycles. The minimum Gasteiger partial charge on any atom is -0.375 e. The van der Waals surface area contributed by atoms with E-state index >= 15 is 0 Å². The van der Waals surface area contributed by atoms with E-state index in [1.165, 1.54) is 18.2 Å². The molecule has 1 aromatic heterocycles. The molecule has 0 atom stereocenters. The minimum absolute atomic E-state index is 0.162. The molecule has 2 aromatic rings. The van der Waals surface area contributed by atoms with Gasteiger partial charge in [-0.2, -0.15) is 0 Å². The van der Waals surface area contributed by atoms with E-state index < -0.39 is 20.4 Å². The summed E-state index contributed by atoms with van der Waals surface area (Å²) in [5, 5.41) is 14.1. The molecule has 7 nitrogen and oxygen atoms in total. The highest BCUT2D eigenvalue weighted by molar-refractivity contribution is 7.90. The van der Waals surface area contributed by atoms with Crippen molar-refractivity contribution in [1.29, 1.82) is 0 Å². The first kappa shape index (κ1) is 15.9. The lowest BCUT2D eigenvalue weighted by atomic mass is 10.2. The molecule has 22 heavy (non-hydrogen) atoms. The van der Waals surface area contributed by atoms with E-state index in [0.717, 1.165) is 17.4 Å². The van der Waals surface area contributed by atoms with E-state index in [0.29, 0.717) is 6.54 Å². The summed E-state index contributed by atoms with van der Waals surface area (Å²) < 4.78 is 23.4. The number of para-hydroxylation sites is 1. The first-order chi connectivity index (χ1) is 10.3. The fourth-order valence-corrected chi connectivity index (χ4v) is 2.93. The second kappa shape index (κ2) is 6.10. The van der Waals surface area contributed by atoms with Gasteiger partial charge in [0.2, 0.25) is 0 Å². The number of nitrogens with zero attached hydrogens (tertiary/aromatic N) is 2. The van der Waals surface area contributed by atoms with Crippen LogP contribution in [0.2, 0.25) is 0 Å². The van der Waals surface area contributed by atoms with Crippen LogP contribution in [-0.2, 0) is 16.4 Å². The van der Waals surface area contributed by atoms with Gasteiger partial charge in [-0.05, 0) is 30.2 Å². The number of hydrogen-bond acceptors (Lipinski definition) is 6. The molecule has 0 aliphatic heterocycles. The van der Waals surface area contributed by atoms with Crippen molar-refractivity contribution in [1.82, 2.24) is 4.98 Å². The van der Waals surface area contributed by atoms with Crippen molar-refractivity contribution < 1.29 is 13.3 Å². The number of anilines is 1. The van der Waals surface area contributed by atoms with Gasteiger partial charge in [-0.1, -0.05) is 12.1 Å². The first-order valence-corrected chi connectivity index (χ1v) is 8.30. The molecular weight excluding hydrogens is 306 g/mol. The number of nitro benzene ring substituents is 1. The SMILES string of the molecule is Cc1cncc(CNc2cccc(S(C)(=O)=O)c2[N+](=O)[O-])c1. The third-order valence-electron chi connectivity index (χ3n) is 3.00. The topological polar surface area (TPSA) is 102 Å². The molecular formula is C14H15N3O4S. The lowest BCUT2D eigenvalue weighted by Crippen LogP contribution is -2.08. The van der Waals surface area contributed by atoms with Crippen molar-refractivity contribution in [2.45, 2.75) is 18.4 Å². The molecule has 0 saturated carbocycles. The predicted molar refractivity (Wildman–Crippen MR) is 82.5 cm³/mol. The first-order valence-electron chi connectivity index (χ1n) is 6.41. The second-order valence-corrected chi connectivity index (χ2v) is 6.89. The van der Waals surface area contributed by atoms with Gasteiger partial charge in [0.05, 0.1) is 4.92 Å². The van der Waals surface area contributed by atoms with Crippen molar-refractivity contribution in [3.8, 4) is 0 Å². The monoisotopic (exact) mass is 321 g/mol. The second-order valence-electron chi connectivity index (χ2n) is 4.91. The third-order valence-corrected chi connectivity index (χ3v) is 4.12. The van der Waals surface area contributed by atoms with E-state index in [1.54, 1.807) is 12.4 Å². The molecule has 0 radical (unpaired) electrons. The Morgan fingerprint density at radius 2 is 2.05 bits per heavy atom. The summed E-state index contributed by atoms with van der Waals surface area (Å²) in [5.74, 6) is 0. The summed E-state index contributed by atoms with van der Waals surface area (Å²) in [6.07, 6.45) is 4.30. The molecule has 1 aromatic carbocycles. The minimum atomic E-state index is -3.68. The number of nitro groups is 1. The van der Waals surface area contributed by atoms with Crippen molar-refractivity contribution in [2.24, 2.45) is 0 Å². The quantitative estimate of drug-likeness (QED) is 0.669. The van der Waals surface area contributed by atoms with Gasteiger partial charge < -0.3 is 5.32 Å². The maximum atomic E-state index is 11.7. The fraction of sp³-hybridized carbons (Fsp3) is 0.214. The lowest BCUT2D eigenvalue weighted by molar-refractivity contribution is -0.386. The van der Waals surface area contributed by atoms with Crippen LogP contribution in [-0.4, -0.2) is 24.6 Å². The van der Waals surface area contributed by atoms with Gasteiger partial charge in [-0.25, -0.2) is 8.42 Å². The number of pyridine rings is 1. The maximum absolute atomic E-state index is 11.7. The van der Waals surface area contributed by atoms with Gasteiger partial charge in [0.1, 0.15) is 10.6 Å². The Balaban J connectivity index is 2.37. The zero-order valence-corrected chi connectivity index (χ0v) is 12.9. The smallest absolute Gasteiger partial charge is 0.310 e. The number of benzene rings is 1. The molecule has 0 amide bonds. The summed E-state index contributed by atoms with van der Waals surface area (Å²) >= 11 is 0. The summed E-state index contributed by atoms with van der Waals surface area (Å²) in [6.45, 7) is 2.20. The molecule has 2 rings (SSSR count). The zero-order chi connectivity index (χ0) is 16.3. The molecule has 0 aliphatic rings. The van der Waals surface area contributed by atoms with Crippen LogP contribution >= 0.6 is 0 Å². The Bertz CT molecular complexity index is 819. The third kappa shape index (κ3) is 3.59. The Morgan fingerprint density at radius 1 is 1.32 bits per heavy atom. The number of aromatic nitrogens is 1. The molecule has 0 unspecified atom stereocenters. The van der Waals surface area contributed by atoms with E-state index in [4.69, 9.17) is 0 Å². The predicted octanol–water partition coefficient (Wildman–Crippen LogP) is 2.31. The van der Waals surface area contributed by atoms with Gasteiger partial charge in [0, 0.05) is 25.2 Å². The van der Waals surface area contributed by atoms with Crippen LogP contribution in [0.4, 0.5) is 11.4 Å². The number of nitrogens with one attached hydrogen (secondary N) is 1. The van der Waals surface area contributed by atoms with Crippen LogP contribution in [0, 0.1) is 17.0 Å². The number of aryl methyl sites for hydroxylation is 1. The van der Waals surface area contributed by atoms with Crippen LogP contribution in [0.15, 0.2) is 41.6 Å². The summed E-state index contributed by atoms with van der Waals surface area (Å²) in [6, 6.07) is 6.08. The van der Waals surface area contributed by atoms with Crippen LogP contribution in [0.3, 0.4) is 0 Å². The Kier molecular flexibility index (Phi) is 4.41. The number of sulfone groups is 1. The largest absolute Gasteiger partial charge is 0.375 e. The molecule has 0 fully saturated rings. The number of hydrogen-bond donors (Lipinski definition) is 1. The van der Waals surface area contributed by atoms with Gasteiger partial charge in [0.15, 0.2) is 9.84 Å². The maximum Gasteiger partial charge on any atom is 0.310 e. The highest BCUT2D eigenvalue weighted by atomic mass is 32.2. The molecule has 0 aliphatic carbocycles.